The average Bonchev–Trinajstić information content (AvgIpc) is 1.57. The van der Waals surface area contributed by atoms with Crippen LogP contribution in [-0.2, 0) is 10.1 Å². The fourth-order valence-electron chi connectivity index (χ4n) is 0.283. The number of halogens is 3. The van der Waals surface area contributed by atoms with Gasteiger partial charge >= 0.3 is 6.98 Å². The maximum atomic E-state index is 11.3. The Morgan fingerprint density at radius 1 is 1.30 bits per heavy atom. The Kier molecular flexibility index (Phi) is 2.72. The Balaban J connectivity index is 3.79. The van der Waals surface area contributed by atoms with E-state index < -0.39 is 29.2 Å². The van der Waals surface area contributed by atoms with Crippen molar-refractivity contribution in [2.45, 2.75) is 6.32 Å². The van der Waals surface area contributed by atoms with Crippen LogP contribution >= 0.6 is 0 Å². The molecule has 0 aromatic heterocycles. The zero-order valence-corrected chi connectivity index (χ0v) is 5.61. The molecule has 62 valence electrons. The van der Waals surface area contributed by atoms with Crippen molar-refractivity contribution < 1.29 is 25.9 Å². The Labute approximate surface area is 56.0 Å². The summed E-state index contributed by atoms with van der Waals surface area (Å²) in [6.07, 6.45) is -1.45. The Morgan fingerprint density at radius 3 is 1.80 bits per heavy atom. The third-order valence-electron chi connectivity index (χ3n) is 0.703. The van der Waals surface area contributed by atoms with Crippen molar-refractivity contribution in [1.29, 1.82) is 0 Å². The van der Waals surface area contributed by atoms with Crippen LogP contribution in [0.3, 0.4) is 0 Å². The molecule has 0 aromatic carbocycles. The molecule has 0 fully saturated rings. The summed E-state index contributed by atoms with van der Waals surface area (Å²) in [5.74, 6) is -1.24. The van der Waals surface area contributed by atoms with Crippen LogP contribution < -0.4 is 0 Å². The lowest BCUT2D eigenvalue weighted by Crippen LogP contribution is -2.19. The van der Waals surface area contributed by atoms with Crippen LogP contribution in [0.2, 0.25) is 6.32 Å². The van der Waals surface area contributed by atoms with Crippen LogP contribution in [-0.4, -0.2) is 25.7 Å². The highest BCUT2D eigenvalue weighted by Crippen LogP contribution is 2.14. The van der Waals surface area contributed by atoms with Crippen molar-refractivity contribution in [3.8, 4) is 0 Å². The van der Waals surface area contributed by atoms with Gasteiger partial charge in [-0.3, -0.25) is 4.55 Å². The van der Waals surface area contributed by atoms with E-state index in [1.807, 2.05) is 0 Å². The second kappa shape index (κ2) is 2.79. The largest absolute Gasteiger partial charge is 0.479 e. The first-order valence-electron chi connectivity index (χ1n) is 2.37. The van der Waals surface area contributed by atoms with Gasteiger partial charge in [-0.15, -0.1) is 0 Å². The van der Waals surface area contributed by atoms with E-state index >= 15 is 0 Å². The van der Waals surface area contributed by atoms with Gasteiger partial charge in [-0.2, -0.15) is 8.42 Å². The molecule has 0 aliphatic heterocycles. The molecule has 0 heterocycles. The molecule has 0 unspecified atom stereocenters. The normalized spacial score (nSPS) is 13.6. The van der Waals surface area contributed by atoms with Crippen LogP contribution in [0, 0.1) is 0 Å². The summed E-state index contributed by atoms with van der Waals surface area (Å²) in [7, 11) is -4.46. The van der Waals surface area contributed by atoms with Gasteiger partial charge in [0, 0.05) is 0 Å². The summed E-state index contributed by atoms with van der Waals surface area (Å²) in [5.41, 5.74) is 0. The van der Waals surface area contributed by atoms with Crippen molar-refractivity contribution in [2.75, 3.05) is 5.75 Å². The molecule has 10 heavy (non-hydrogen) atoms. The molecule has 0 aliphatic carbocycles. The molecule has 0 aromatic rings. The highest BCUT2D eigenvalue weighted by Gasteiger charge is 2.24. The average molecular weight is 177 g/mol. The zero-order valence-electron chi connectivity index (χ0n) is 4.80. The SMILES string of the molecule is O=S(=O)(O)CC[B-](F)(F)F. The van der Waals surface area contributed by atoms with Gasteiger partial charge in [-0.25, -0.2) is 0 Å². The topological polar surface area (TPSA) is 54.4 Å². The first-order valence-corrected chi connectivity index (χ1v) is 3.98. The van der Waals surface area contributed by atoms with Gasteiger partial charge < -0.3 is 12.9 Å². The van der Waals surface area contributed by atoms with Crippen molar-refractivity contribution in [1.82, 2.24) is 0 Å². The molecule has 8 heteroatoms. The fraction of sp³-hybridized carbons (Fsp3) is 1.00. The highest BCUT2D eigenvalue weighted by atomic mass is 32.2. The summed E-state index contributed by atoms with van der Waals surface area (Å²) >= 11 is 0. The second-order valence-electron chi connectivity index (χ2n) is 1.79. The van der Waals surface area contributed by atoms with E-state index in [4.69, 9.17) is 4.55 Å². The zero-order chi connectivity index (χ0) is 8.41. The minimum absolute atomic E-state index is 1.24. The number of hydrogen-bond donors (Lipinski definition) is 1. The molecule has 0 saturated carbocycles. The summed E-state index contributed by atoms with van der Waals surface area (Å²) in [4.78, 5) is 0. The molecular weight excluding hydrogens is 172 g/mol. The molecule has 1 N–H and O–H groups in total. The van der Waals surface area contributed by atoms with Crippen molar-refractivity contribution in [3.63, 3.8) is 0 Å². The first-order chi connectivity index (χ1) is 4.21. The van der Waals surface area contributed by atoms with E-state index in [0.717, 1.165) is 0 Å². The van der Waals surface area contributed by atoms with Gasteiger partial charge in [0.2, 0.25) is 0 Å². The summed E-state index contributed by atoms with van der Waals surface area (Å²) in [6, 6.07) is 0. The van der Waals surface area contributed by atoms with Crippen LogP contribution in [0.15, 0.2) is 0 Å². The third kappa shape index (κ3) is 7.76. The Bertz CT molecular complexity index is 194. The molecule has 3 nitrogen and oxygen atoms in total. The van der Waals surface area contributed by atoms with Crippen LogP contribution in [0.5, 0.6) is 0 Å². The predicted molar refractivity (Wildman–Crippen MR) is 30.3 cm³/mol. The van der Waals surface area contributed by atoms with E-state index in [0.29, 0.717) is 0 Å². The van der Waals surface area contributed by atoms with Crippen molar-refractivity contribution in [3.05, 3.63) is 0 Å². The Morgan fingerprint density at radius 2 is 1.70 bits per heavy atom. The molecule has 0 saturated heterocycles. The number of hydrogen-bond acceptors (Lipinski definition) is 2. The molecule has 0 rings (SSSR count). The lowest BCUT2D eigenvalue weighted by atomic mass is 9.88. The Hall–Kier alpha value is -0.235. The van der Waals surface area contributed by atoms with Gasteiger partial charge in [-0.1, -0.05) is 6.32 Å². The molecule has 0 spiro atoms. The third-order valence-corrected chi connectivity index (χ3v) is 1.45. The second-order valence-corrected chi connectivity index (χ2v) is 3.36. The van der Waals surface area contributed by atoms with Gasteiger partial charge in [-0.05, 0) is 0 Å². The maximum absolute atomic E-state index is 11.3. The van der Waals surface area contributed by atoms with Crippen LogP contribution in [0.25, 0.3) is 0 Å². The molecule has 0 aliphatic rings. The van der Waals surface area contributed by atoms with Crippen LogP contribution in [0.4, 0.5) is 12.9 Å². The van der Waals surface area contributed by atoms with E-state index in [9.17, 15) is 21.4 Å². The minimum atomic E-state index is -5.11. The molecule has 0 radical (unpaired) electrons. The highest BCUT2D eigenvalue weighted by molar-refractivity contribution is 7.85. The van der Waals surface area contributed by atoms with Gasteiger partial charge in [0.25, 0.3) is 10.1 Å². The molecule has 0 atom stereocenters. The van der Waals surface area contributed by atoms with E-state index in [-0.39, 0.29) is 0 Å². The lowest BCUT2D eigenvalue weighted by Gasteiger charge is -2.10. The summed E-state index contributed by atoms with van der Waals surface area (Å²) in [6.45, 7) is -5.11. The number of rotatable bonds is 3. The van der Waals surface area contributed by atoms with E-state index in [2.05, 4.69) is 0 Å². The van der Waals surface area contributed by atoms with Crippen molar-refractivity contribution in [2.24, 2.45) is 0 Å². The molecule has 0 amide bonds. The van der Waals surface area contributed by atoms with Gasteiger partial charge in [0.05, 0.1) is 5.75 Å². The minimum Gasteiger partial charge on any atom is -0.449 e. The van der Waals surface area contributed by atoms with E-state index in [1.54, 1.807) is 0 Å². The summed E-state index contributed by atoms with van der Waals surface area (Å²) < 4.78 is 61.2. The first kappa shape index (κ1) is 9.76. The maximum Gasteiger partial charge on any atom is 0.479 e. The monoisotopic (exact) mass is 177 g/mol. The molecule has 0 bridgehead atoms. The smallest absolute Gasteiger partial charge is 0.449 e. The van der Waals surface area contributed by atoms with E-state index in [1.165, 1.54) is 0 Å². The standard InChI is InChI=1S/C2H5BF3O3S/c4-3(5,6)1-2-10(7,8)9/h1-2H2,(H,7,8,9)/q-1. The van der Waals surface area contributed by atoms with Crippen LogP contribution in [0.1, 0.15) is 0 Å². The lowest BCUT2D eigenvalue weighted by molar-refractivity contribution is 0.459. The summed E-state index contributed by atoms with van der Waals surface area (Å²) in [5, 5.41) is 0. The quantitative estimate of drug-likeness (QED) is 0.510. The fourth-order valence-corrected chi connectivity index (χ4v) is 0.848. The van der Waals surface area contributed by atoms with Gasteiger partial charge in [0.15, 0.2) is 0 Å². The molecular formula is C2H5BF3O3S-. The van der Waals surface area contributed by atoms with Gasteiger partial charge in [0.1, 0.15) is 0 Å². The van der Waals surface area contributed by atoms with Crippen molar-refractivity contribution >= 4 is 17.1 Å². The predicted octanol–water partition coefficient (Wildman–Crippen LogP) is 0.722.